The van der Waals surface area contributed by atoms with Crippen LogP contribution in [0.5, 0.6) is 11.8 Å². The lowest BCUT2D eigenvalue weighted by atomic mass is 10.0. The van der Waals surface area contributed by atoms with Crippen molar-refractivity contribution in [2.24, 2.45) is 0 Å². The van der Waals surface area contributed by atoms with E-state index in [0.29, 0.717) is 24.1 Å². The summed E-state index contributed by atoms with van der Waals surface area (Å²) in [4.78, 5) is 30.7. The number of hydrogen-bond acceptors (Lipinski definition) is 7. The van der Waals surface area contributed by atoms with E-state index in [-0.39, 0.29) is 5.91 Å². The lowest BCUT2D eigenvalue weighted by Crippen LogP contribution is -2.13. The van der Waals surface area contributed by atoms with Crippen molar-refractivity contribution < 1.29 is 14.3 Å². The van der Waals surface area contributed by atoms with E-state index in [1.54, 1.807) is 31.6 Å². The number of carbonyl (C=O) groups is 1. The molecule has 0 saturated carbocycles. The van der Waals surface area contributed by atoms with Gasteiger partial charge in [-0.05, 0) is 37.9 Å². The molecule has 0 spiro atoms. The van der Waals surface area contributed by atoms with Gasteiger partial charge in [0.1, 0.15) is 11.5 Å². The van der Waals surface area contributed by atoms with Gasteiger partial charge in [0.25, 0.3) is 0 Å². The molecule has 0 bridgehead atoms. The van der Waals surface area contributed by atoms with Gasteiger partial charge in [0.15, 0.2) is 0 Å². The van der Waals surface area contributed by atoms with Crippen molar-refractivity contribution in [3.05, 3.63) is 61.1 Å². The standard InChI is InChI=1S/C25H26N6O3/c1-31(2)9-5-6-22(32)29-21-11-17(12-24(30-21)34-4)18-10-19-20(15-28-25(19)27-14-18)16-7-8-23(33-3)26-13-16/h5-8,10-15H,9H2,1-4H3,(H,27,28)(H,29,30,32). The van der Waals surface area contributed by atoms with Gasteiger partial charge < -0.3 is 24.7 Å². The third-order valence-electron chi connectivity index (χ3n) is 5.12. The number of hydrogen-bond donors (Lipinski definition) is 2. The van der Waals surface area contributed by atoms with E-state index in [4.69, 9.17) is 9.47 Å². The minimum absolute atomic E-state index is 0.262. The van der Waals surface area contributed by atoms with E-state index >= 15 is 0 Å². The highest BCUT2D eigenvalue weighted by Gasteiger charge is 2.12. The number of methoxy groups -OCH3 is 2. The summed E-state index contributed by atoms with van der Waals surface area (Å²) in [7, 11) is 6.99. The van der Waals surface area contributed by atoms with Gasteiger partial charge >= 0.3 is 0 Å². The Morgan fingerprint density at radius 2 is 1.82 bits per heavy atom. The lowest BCUT2D eigenvalue weighted by Gasteiger charge is -2.09. The second-order valence-corrected chi connectivity index (χ2v) is 7.85. The topological polar surface area (TPSA) is 105 Å². The molecule has 1 amide bonds. The van der Waals surface area contributed by atoms with E-state index in [0.717, 1.165) is 33.3 Å². The molecule has 34 heavy (non-hydrogen) atoms. The first-order valence-corrected chi connectivity index (χ1v) is 10.6. The number of aromatic amines is 1. The van der Waals surface area contributed by atoms with Gasteiger partial charge in [0, 0.05) is 65.4 Å². The van der Waals surface area contributed by atoms with Crippen molar-refractivity contribution in [3.8, 4) is 34.0 Å². The van der Waals surface area contributed by atoms with Gasteiger partial charge in [-0.15, -0.1) is 0 Å². The number of aromatic nitrogens is 4. The second-order valence-electron chi connectivity index (χ2n) is 7.85. The Hall–Kier alpha value is -4.24. The largest absolute Gasteiger partial charge is 0.481 e. The molecule has 9 nitrogen and oxygen atoms in total. The van der Waals surface area contributed by atoms with Crippen LogP contribution in [0.25, 0.3) is 33.3 Å². The molecule has 4 heterocycles. The molecular formula is C25H26N6O3. The normalized spacial score (nSPS) is 11.3. The van der Waals surface area contributed by atoms with Crippen LogP contribution in [0.15, 0.2) is 61.1 Å². The van der Waals surface area contributed by atoms with Crippen LogP contribution in [0.3, 0.4) is 0 Å². The summed E-state index contributed by atoms with van der Waals surface area (Å²) in [5, 5.41) is 3.74. The molecule has 0 atom stereocenters. The Labute approximate surface area is 197 Å². The van der Waals surface area contributed by atoms with Crippen molar-refractivity contribution >= 4 is 22.8 Å². The van der Waals surface area contributed by atoms with Crippen LogP contribution in [-0.2, 0) is 4.79 Å². The zero-order valence-corrected chi connectivity index (χ0v) is 19.5. The molecule has 9 heteroatoms. The minimum atomic E-state index is -0.262. The maximum atomic E-state index is 12.3. The number of nitrogens with zero attached hydrogens (tertiary/aromatic N) is 4. The quantitative estimate of drug-likeness (QED) is 0.387. The molecule has 0 aliphatic heterocycles. The summed E-state index contributed by atoms with van der Waals surface area (Å²) in [6.45, 7) is 0.665. The first-order chi connectivity index (χ1) is 16.5. The molecule has 0 radical (unpaired) electrons. The molecule has 174 valence electrons. The Bertz CT molecular complexity index is 1330. The van der Waals surface area contributed by atoms with Crippen LogP contribution in [0, 0.1) is 0 Å². The number of pyridine rings is 3. The first-order valence-electron chi connectivity index (χ1n) is 10.6. The molecule has 2 N–H and O–H groups in total. The predicted molar refractivity (Wildman–Crippen MR) is 132 cm³/mol. The summed E-state index contributed by atoms with van der Waals surface area (Å²) in [5.74, 6) is 1.07. The number of H-pyrrole nitrogens is 1. The van der Waals surface area contributed by atoms with Crippen LogP contribution in [0.2, 0.25) is 0 Å². The van der Waals surface area contributed by atoms with Crippen molar-refractivity contribution in [3.63, 3.8) is 0 Å². The van der Waals surface area contributed by atoms with Crippen molar-refractivity contribution in [2.75, 3.05) is 40.2 Å². The van der Waals surface area contributed by atoms with Gasteiger partial charge in [0.2, 0.25) is 17.7 Å². The molecule has 4 aromatic heterocycles. The molecule has 4 aromatic rings. The van der Waals surface area contributed by atoms with Crippen LogP contribution >= 0.6 is 0 Å². The number of carbonyl (C=O) groups excluding carboxylic acids is 1. The number of likely N-dealkylation sites (N-methyl/N-ethyl adjacent to an activating group) is 1. The van der Waals surface area contributed by atoms with Gasteiger partial charge in [-0.2, -0.15) is 4.98 Å². The number of nitrogens with one attached hydrogen (secondary N) is 2. The SMILES string of the molecule is COc1ccc(-c2c[nH]c3ncc(-c4cc(NC(=O)C=CCN(C)C)nc(OC)c4)cc23)cn1. The fourth-order valence-electron chi connectivity index (χ4n) is 3.44. The summed E-state index contributed by atoms with van der Waals surface area (Å²) >= 11 is 0. The summed E-state index contributed by atoms with van der Waals surface area (Å²) in [6, 6.07) is 9.41. The van der Waals surface area contributed by atoms with Gasteiger partial charge in [-0.3, -0.25) is 4.79 Å². The summed E-state index contributed by atoms with van der Waals surface area (Å²) in [5.41, 5.74) is 4.34. The molecule has 4 rings (SSSR count). The number of anilines is 1. The molecule has 0 unspecified atom stereocenters. The van der Waals surface area contributed by atoms with Gasteiger partial charge in [-0.25, -0.2) is 9.97 Å². The number of amides is 1. The fraction of sp³-hybridized carbons (Fsp3) is 0.200. The number of rotatable bonds is 8. The molecule has 0 saturated heterocycles. The molecule has 0 aliphatic carbocycles. The maximum absolute atomic E-state index is 12.3. The fourth-order valence-corrected chi connectivity index (χ4v) is 3.44. The predicted octanol–water partition coefficient (Wildman–Crippen LogP) is 3.76. The molecule has 0 aliphatic rings. The highest BCUT2D eigenvalue weighted by molar-refractivity contribution is 5.99. The Morgan fingerprint density at radius 3 is 2.53 bits per heavy atom. The van der Waals surface area contributed by atoms with Gasteiger partial charge in [0.05, 0.1) is 14.2 Å². The number of ether oxygens (including phenoxy) is 2. The minimum Gasteiger partial charge on any atom is -0.481 e. The van der Waals surface area contributed by atoms with Crippen LogP contribution in [0.4, 0.5) is 5.82 Å². The molecular weight excluding hydrogens is 432 g/mol. The van der Waals surface area contributed by atoms with E-state index in [2.05, 4.69) is 25.3 Å². The molecule has 0 fully saturated rings. The smallest absolute Gasteiger partial charge is 0.249 e. The van der Waals surface area contributed by atoms with E-state index in [1.807, 2.05) is 49.5 Å². The zero-order chi connectivity index (χ0) is 24.1. The number of fused-ring (bicyclic) bond motifs is 1. The van der Waals surface area contributed by atoms with Crippen molar-refractivity contribution in [1.82, 2.24) is 24.8 Å². The van der Waals surface area contributed by atoms with Crippen LogP contribution < -0.4 is 14.8 Å². The third-order valence-corrected chi connectivity index (χ3v) is 5.12. The van der Waals surface area contributed by atoms with Crippen molar-refractivity contribution in [1.29, 1.82) is 0 Å². The van der Waals surface area contributed by atoms with Crippen LogP contribution in [0.1, 0.15) is 0 Å². The first kappa shape index (κ1) is 22.9. The van der Waals surface area contributed by atoms with Crippen molar-refractivity contribution in [2.45, 2.75) is 0 Å². The maximum Gasteiger partial charge on any atom is 0.249 e. The average Bonchev–Trinajstić information content (AvgIpc) is 3.27. The Balaban J connectivity index is 1.67. The monoisotopic (exact) mass is 458 g/mol. The van der Waals surface area contributed by atoms with Gasteiger partial charge in [-0.1, -0.05) is 6.08 Å². The Kier molecular flexibility index (Phi) is 6.84. The van der Waals surface area contributed by atoms with E-state index in [1.165, 1.54) is 13.2 Å². The summed E-state index contributed by atoms with van der Waals surface area (Å²) < 4.78 is 10.5. The Morgan fingerprint density at radius 1 is 1.03 bits per heavy atom. The lowest BCUT2D eigenvalue weighted by molar-refractivity contribution is -0.111. The van der Waals surface area contributed by atoms with Crippen LogP contribution in [-0.4, -0.2) is 65.6 Å². The molecule has 0 aromatic carbocycles. The third kappa shape index (κ3) is 5.21. The second kappa shape index (κ2) is 10.1. The zero-order valence-electron chi connectivity index (χ0n) is 19.5. The average molecular weight is 459 g/mol. The highest BCUT2D eigenvalue weighted by atomic mass is 16.5. The van der Waals surface area contributed by atoms with E-state index < -0.39 is 0 Å². The van der Waals surface area contributed by atoms with E-state index in [9.17, 15) is 4.79 Å². The summed E-state index contributed by atoms with van der Waals surface area (Å²) in [6.07, 6.45) is 8.72. The highest BCUT2D eigenvalue weighted by Crippen LogP contribution is 2.32.